The number of sulfonamides is 1. The molecule has 0 spiro atoms. The van der Waals surface area contributed by atoms with E-state index in [1.807, 2.05) is 38.1 Å². The van der Waals surface area contributed by atoms with Crippen LogP contribution in [0.2, 0.25) is 0 Å². The number of nitrogens with zero attached hydrogens (tertiary/aromatic N) is 1. The maximum atomic E-state index is 12.8. The van der Waals surface area contributed by atoms with Gasteiger partial charge < -0.3 is 10.1 Å². The van der Waals surface area contributed by atoms with Crippen molar-refractivity contribution in [2.75, 3.05) is 26.3 Å². The minimum Gasteiger partial charge on any atom is -0.379 e. The van der Waals surface area contributed by atoms with Crippen molar-refractivity contribution in [3.8, 4) is 0 Å². The van der Waals surface area contributed by atoms with Gasteiger partial charge in [0.2, 0.25) is 10.0 Å². The molecule has 1 fully saturated rings. The van der Waals surface area contributed by atoms with Crippen LogP contribution in [0.3, 0.4) is 0 Å². The summed E-state index contributed by atoms with van der Waals surface area (Å²) in [5.74, 6) is -0.286. The van der Waals surface area contributed by atoms with Gasteiger partial charge in [-0.25, -0.2) is 8.42 Å². The highest BCUT2D eigenvalue weighted by molar-refractivity contribution is 7.89. The molecule has 0 unspecified atom stereocenters. The van der Waals surface area contributed by atoms with Crippen molar-refractivity contribution < 1.29 is 17.9 Å². The zero-order valence-electron chi connectivity index (χ0n) is 16.2. The molecule has 2 aromatic carbocycles. The van der Waals surface area contributed by atoms with E-state index in [-0.39, 0.29) is 16.8 Å². The highest BCUT2D eigenvalue weighted by Crippen LogP contribution is 2.21. The van der Waals surface area contributed by atoms with Gasteiger partial charge >= 0.3 is 0 Å². The predicted molar refractivity (Wildman–Crippen MR) is 108 cm³/mol. The maximum absolute atomic E-state index is 12.8. The molecule has 1 N–H and O–H groups in total. The number of hydrogen-bond donors (Lipinski definition) is 1. The molecule has 7 heteroatoms. The summed E-state index contributed by atoms with van der Waals surface area (Å²) >= 11 is 0. The van der Waals surface area contributed by atoms with E-state index >= 15 is 0 Å². The third-order valence-corrected chi connectivity index (χ3v) is 6.79. The van der Waals surface area contributed by atoms with E-state index in [4.69, 9.17) is 4.74 Å². The molecule has 0 aliphatic carbocycles. The van der Waals surface area contributed by atoms with Crippen LogP contribution in [0.25, 0.3) is 0 Å². The Morgan fingerprint density at radius 2 is 1.82 bits per heavy atom. The van der Waals surface area contributed by atoms with Gasteiger partial charge in [0, 0.05) is 18.7 Å². The Morgan fingerprint density at radius 3 is 2.46 bits per heavy atom. The predicted octanol–water partition coefficient (Wildman–Crippen LogP) is 2.90. The standard InChI is InChI=1S/C21H26N2O4S/c1-3-20(17-9-7-16(2)8-10-17)22-21(24)18-5-4-6-19(15-18)28(25,26)23-11-13-27-14-12-23/h4-10,15,20H,3,11-14H2,1-2H3,(H,22,24)/t20-/m0/s1. The normalized spacial score (nSPS) is 16.5. The third-order valence-electron chi connectivity index (χ3n) is 4.90. The van der Waals surface area contributed by atoms with Crippen LogP contribution in [0, 0.1) is 6.92 Å². The summed E-state index contributed by atoms with van der Waals surface area (Å²) in [7, 11) is -3.64. The molecule has 0 aromatic heterocycles. The van der Waals surface area contributed by atoms with Gasteiger partial charge in [0.05, 0.1) is 24.2 Å². The molecule has 1 atom stereocenters. The molecule has 28 heavy (non-hydrogen) atoms. The lowest BCUT2D eigenvalue weighted by molar-refractivity contribution is 0.0730. The first-order chi connectivity index (χ1) is 13.4. The summed E-state index contributed by atoms with van der Waals surface area (Å²) in [5.41, 5.74) is 2.52. The zero-order chi connectivity index (χ0) is 20.1. The Bertz CT molecular complexity index is 920. The molecule has 6 nitrogen and oxygen atoms in total. The van der Waals surface area contributed by atoms with E-state index in [9.17, 15) is 13.2 Å². The molecule has 1 aliphatic rings. The van der Waals surface area contributed by atoms with E-state index in [2.05, 4.69) is 5.32 Å². The molecule has 1 saturated heterocycles. The number of hydrogen-bond acceptors (Lipinski definition) is 4. The average Bonchev–Trinajstić information content (AvgIpc) is 2.73. The second-order valence-corrected chi connectivity index (χ2v) is 8.83. The molecule has 0 bridgehead atoms. The summed E-state index contributed by atoms with van der Waals surface area (Å²) in [5, 5.41) is 3.01. The van der Waals surface area contributed by atoms with E-state index < -0.39 is 10.0 Å². The van der Waals surface area contributed by atoms with Crippen molar-refractivity contribution in [1.82, 2.24) is 9.62 Å². The molecule has 1 aliphatic heterocycles. The van der Waals surface area contributed by atoms with Crippen LogP contribution < -0.4 is 5.32 Å². The van der Waals surface area contributed by atoms with Gasteiger partial charge in [-0.1, -0.05) is 42.8 Å². The Labute approximate surface area is 166 Å². The quantitative estimate of drug-likeness (QED) is 0.806. The van der Waals surface area contributed by atoms with Gasteiger partial charge in [-0.2, -0.15) is 4.31 Å². The molecule has 1 heterocycles. The summed E-state index contributed by atoms with van der Waals surface area (Å²) in [6.45, 7) is 5.43. The van der Waals surface area contributed by atoms with Crippen molar-refractivity contribution >= 4 is 15.9 Å². The second-order valence-electron chi connectivity index (χ2n) is 6.89. The van der Waals surface area contributed by atoms with E-state index in [0.29, 0.717) is 31.9 Å². The summed E-state index contributed by atoms with van der Waals surface area (Å²) in [6.07, 6.45) is 0.737. The summed E-state index contributed by atoms with van der Waals surface area (Å²) in [4.78, 5) is 12.9. The first-order valence-electron chi connectivity index (χ1n) is 9.47. The van der Waals surface area contributed by atoms with Gasteiger partial charge in [-0.05, 0) is 37.1 Å². The van der Waals surface area contributed by atoms with E-state index in [0.717, 1.165) is 17.5 Å². The Morgan fingerprint density at radius 1 is 1.14 bits per heavy atom. The van der Waals surface area contributed by atoms with Crippen LogP contribution in [-0.2, 0) is 14.8 Å². The maximum Gasteiger partial charge on any atom is 0.251 e. The van der Waals surface area contributed by atoms with Crippen molar-refractivity contribution in [2.24, 2.45) is 0 Å². The largest absolute Gasteiger partial charge is 0.379 e. The van der Waals surface area contributed by atoms with Crippen LogP contribution >= 0.6 is 0 Å². The monoisotopic (exact) mass is 402 g/mol. The number of carbonyl (C=O) groups is 1. The molecular weight excluding hydrogens is 376 g/mol. The number of ether oxygens (including phenoxy) is 1. The number of aryl methyl sites for hydroxylation is 1. The lowest BCUT2D eigenvalue weighted by Crippen LogP contribution is -2.40. The van der Waals surface area contributed by atoms with Crippen LogP contribution in [0.5, 0.6) is 0 Å². The van der Waals surface area contributed by atoms with Crippen LogP contribution in [-0.4, -0.2) is 44.9 Å². The third kappa shape index (κ3) is 4.60. The number of rotatable bonds is 6. The molecule has 2 aromatic rings. The molecular formula is C21H26N2O4S. The SMILES string of the molecule is CC[C@H](NC(=O)c1cccc(S(=O)(=O)N2CCOCC2)c1)c1ccc(C)cc1. The molecule has 150 valence electrons. The van der Waals surface area contributed by atoms with Gasteiger partial charge in [-0.15, -0.1) is 0 Å². The fourth-order valence-electron chi connectivity index (χ4n) is 3.20. The van der Waals surface area contributed by atoms with Crippen LogP contribution in [0.15, 0.2) is 53.4 Å². The van der Waals surface area contributed by atoms with Crippen molar-refractivity contribution in [3.63, 3.8) is 0 Å². The van der Waals surface area contributed by atoms with E-state index in [1.165, 1.54) is 16.4 Å². The molecule has 0 radical (unpaired) electrons. The highest BCUT2D eigenvalue weighted by Gasteiger charge is 2.27. The fourth-order valence-corrected chi connectivity index (χ4v) is 4.65. The first-order valence-corrected chi connectivity index (χ1v) is 10.9. The lowest BCUT2D eigenvalue weighted by Gasteiger charge is -2.26. The van der Waals surface area contributed by atoms with Gasteiger partial charge in [0.15, 0.2) is 0 Å². The van der Waals surface area contributed by atoms with Crippen LogP contribution in [0.4, 0.5) is 0 Å². The lowest BCUT2D eigenvalue weighted by atomic mass is 10.0. The summed E-state index contributed by atoms with van der Waals surface area (Å²) < 4.78 is 32.3. The fraction of sp³-hybridized carbons (Fsp3) is 0.381. The minimum atomic E-state index is -3.64. The first kappa shape index (κ1) is 20.5. The van der Waals surface area contributed by atoms with Crippen molar-refractivity contribution in [1.29, 1.82) is 0 Å². The van der Waals surface area contributed by atoms with Gasteiger partial charge in [-0.3, -0.25) is 4.79 Å². The topological polar surface area (TPSA) is 75.7 Å². The van der Waals surface area contributed by atoms with Gasteiger partial charge in [0.25, 0.3) is 5.91 Å². The average molecular weight is 403 g/mol. The number of morpholine rings is 1. The van der Waals surface area contributed by atoms with Crippen molar-refractivity contribution in [3.05, 3.63) is 65.2 Å². The Kier molecular flexibility index (Phi) is 6.49. The smallest absolute Gasteiger partial charge is 0.251 e. The van der Waals surface area contributed by atoms with Gasteiger partial charge in [0.1, 0.15) is 0 Å². The van der Waals surface area contributed by atoms with Crippen LogP contribution in [0.1, 0.15) is 40.9 Å². The number of amides is 1. The second kappa shape index (κ2) is 8.86. The van der Waals surface area contributed by atoms with E-state index in [1.54, 1.807) is 12.1 Å². The molecule has 1 amide bonds. The number of benzene rings is 2. The zero-order valence-corrected chi connectivity index (χ0v) is 17.0. The number of nitrogens with one attached hydrogen (secondary N) is 1. The number of carbonyl (C=O) groups excluding carboxylic acids is 1. The van der Waals surface area contributed by atoms with Crippen molar-refractivity contribution in [2.45, 2.75) is 31.2 Å². The molecule has 3 rings (SSSR count). The highest BCUT2D eigenvalue weighted by atomic mass is 32.2. The summed E-state index contributed by atoms with van der Waals surface area (Å²) in [6, 6.07) is 14.1. The Hall–Kier alpha value is -2.22. The molecule has 0 saturated carbocycles. The minimum absolute atomic E-state index is 0.130. The Balaban J connectivity index is 1.78.